The summed E-state index contributed by atoms with van der Waals surface area (Å²) in [5, 5.41) is 3.69. The van der Waals surface area contributed by atoms with Crippen molar-refractivity contribution >= 4 is 10.0 Å². The van der Waals surface area contributed by atoms with Crippen molar-refractivity contribution in [2.24, 2.45) is 0 Å². The predicted octanol–water partition coefficient (Wildman–Crippen LogP) is 2.29. The van der Waals surface area contributed by atoms with E-state index in [0.29, 0.717) is 18.1 Å². The van der Waals surface area contributed by atoms with Gasteiger partial charge in [-0.25, -0.2) is 18.1 Å². The van der Waals surface area contributed by atoms with E-state index in [0.717, 1.165) is 23.5 Å². The summed E-state index contributed by atoms with van der Waals surface area (Å²) in [5.74, 6) is 1.68. The normalized spacial score (nSPS) is 12.0. The van der Waals surface area contributed by atoms with E-state index in [-0.39, 0.29) is 11.6 Å². The van der Waals surface area contributed by atoms with Crippen LogP contribution in [0.25, 0.3) is 11.5 Å². The molecule has 0 aliphatic carbocycles. The van der Waals surface area contributed by atoms with Crippen molar-refractivity contribution in [2.75, 3.05) is 6.54 Å². The summed E-state index contributed by atoms with van der Waals surface area (Å²) in [5.41, 5.74) is 1.56. The van der Waals surface area contributed by atoms with Crippen molar-refractivity contribution in [1.29, 1.82) is 0 Å². The zero-order valence-electron chi connectivity index (χ0n) is 14.3. The van der Waals surface area contributed by atoms with E-state index in [1.165, 1.54) is 6.07 Å². The molecule has 0 bridgehead atoms. The average Bonchev–Trinajstić information content (AvgIpc) is 3.29. The molecule has 3 aromatic rings. The first-order valence-electron chi connectivity index (χ1n) is 7.95. The lowest BCUT2D eigenvalue weighted by molar-refractivity contribution is 0.397. The first-order chi connectivity index (χ1) is 11.9. The third kappa shape index (κ3) is 3.52. The van der Waals surface area contributed by atoms with Crippen molar-refractivity contribution in [3.05, 3.63) is 41.6 Å². The monoisotopic (exact) mass is 364 g/mol. The molecular weight excluding hydrogens is 344 g/mol. The SMILES string of the molecule is CCc1nccn1CCNS(=O)(=O)c1ccc(-c2onc(C)c2C)o1. The van der Waals surface area contributed by atoms with E-state index in [2.05, 4.69) is 14.9 Å². The van der Waals surface area contributed by atoms with Gasteiger partial charge < -0.3 is 13.5 Å². The number of aromatic nitrogens is 3. The second-order valence-corrected chi connectivity index (χ2v) is 7.33. The highest BCUT2D eigenvalue weighted by Crippen LogP contribution is 2.28. The van der Waals surface area contributed by atoms with Crippen LogP contribution in [0.1, 0.15) is 24.0 Å². The second-order valence-electron chi connectivity index (χ2n) is 5.63. The number of hydrogen-bond acceptors (Lipinski definition) is 6. The maximum Gasteiger partial charge on any atom is 0.274 e. The molecule has 3 heterocycles. The predicted molar refractivity (Wildman–Crippen MR) is 90.5 cm³/mol. The molecule has 0 radical (unpaired) electrons. The Labute approximate surface area is 145 Å². The van der Waals surface area contributed by atoms with Crippen molar-refractivity contribution in [2.45, 2.75) is 38.8 Å². The van der Waals surface area contributed by atoms with Gasteiger partial charge >= 0.3 is 0 Å². The summed E-state index contributed by atoms with van der Waals surface area (Å²) in [6.07, 6.45) is 4.32. The zero-order chi connectivity index (χ0) is 18.0. The minimum absolute atomic E-state index is 0.155. The maximum absolute atomic E-state index is 12.4. The number of nitrogens with zero attached hydrogens (tertiary/aromatic N) is 3. The number of nitrogens with one attached hydrogen (secondary N) is 1. The van der Waals surface area contributed by atoms with Crippen LogP contribution in [0.15, 0.2) is 38.6 Å². The molecule has 25 heavy (non-hydrogen) atoms. The second kappa shape index (κ2) is 6.85. The molecule has 0 amide bonds. The fraction of sp³-hybridized carbons (Fsp3) is 0.375. The van der Waals surface area contributed by atoms with Gasteiger partial charge in [-0.3, -0.25) is 0 Å². The third-order valence-corrected chi connectivity index (χ3v) is 5.32. The highest BCUT2D eigenvalue weighted by atomic mass is 32.2. The molecule has 0 saturated carbocycles. The molecule has 3 aromatic heterocycles. The Morgan fingerprint density at radius 1 is 1.28 bits per heavy atom. The Bertz CT molecular complexity index is 968. The first-order valence-corrected chi connectivity index (χ1v) is 9.43. The topological polar surface area (TPSA) is 103 Å². The molecule has 0 spiro atoms. The molecule has 0 saturated heterocycles. The number of sulfonamides is 1. The number of hydrogen-bond donors (Lipinski definition) is 1. The third-order valence-electron chi connectivity index (χ3n) is 3.99. The number of furan rings is 1. The minimum Gasteiger partial charge on any atom is -0.440 e. The van der Waals surface area contributed by atoms with E-state index >= 15 is 0 Å². The Morgan fingerprint density at radius 2 is 2.08 bits per heavy atom. The number of imidazole rings is 1. The van der Waals surface area contributed by atoms with E-state index in [1.54, 1.807) is 12.3 Å². The lowest BCUT2D eigenvalue weighted by Crippen LogP contribution is -2.27. The Hall–Kier alpha value is -2.39. The molecular formula is C16H20N4O4S. The Kier molecular flexibility index (Phi) is 4.78. The lowest BCUT2D eigenvalue weighted by atomic mass is 10.2. The van der Waals surface area contributed by atoms with Gasteiger partial charge in [-0.2, -0.15) is 0 Å². The summed E-state index contributed by atoms with van der Waals surface area (Å²) < 4.78 is 39.8. The molecule has 0 aliphatic heterocycles. The molecule has 0 atom stereocenters. The highest BCUT2D eigenvalue weighted by molar-refractivity contribution is 7.89. The molecule has 0 aliphatic rings. The van der Waals surface area contributed by atoms with Crippen molar-refractivity contribution in [3.63, 3.8) is 0 Å². The molecule has 0 aromatic carbocycles. The summed E-state index contributed by atoms with van der Waals surface area (Å²) in [6, 6.07) is 2.97. The Morgan fingerprint density at radius 3 is 2.76 bits per heavy atom. The van der Waals surface area contributed by atoms with Gasteiger partial charge in [-0.1, -0.05) is 12.1 Å². The van der Waals surface area contributed by atoms with Crippen molar-refractivity contribution < 1.29 is 17.4 Å². The Balaban J connectivity index is 1.69. The van der Waals surface area contributed by atoms with E-state index in [1.807, 2.05) is 31.5 Å². The van der Waals surface area contributed by atoms with Crippen molar-refractivity contribution in [3.8, 4) is 11.5 Å². The fourth-order valence-electron chi connectivity index (χ4n) is 2.46. The smallest absolute Gasteiger partial charge is 0.274 e. The highest BCUT2D eigenvalue weighted by Gasteiger charge is 2.21. The summed E-state index contributed by atoms with van der Waals surface area (Å²) >= 11 is 0. The van der Waals surface area contributed by atoms with E-state index < -0.39 is 10.0 Å². The molecule has 3 rings (SSSR count). The van der Waals surface area contributed by atoms with Crippen LogP contribution in [0, 0.1) is 13.8 Å². The van der Waals surface area contributed by atoms with Gasteiger partial charge in [-0.15, -0.1) is 0 Å². The van der Waals surface area contributed by atoms with Gasteiger partial charge in [0.2, 0.25) is 10.9 Å². The van der Waals surface area contributed by atoms with E-state index in [4.69, 9.17) is 8.94 Å². The average molecular weight is 364 g/mol. The molecule has 134 valence electrons. The van der Waals surface area contributed by atoms with Crippen LogP contribution in [0.3, 0.4) is 0 Å². The summed E-state index contributed by atoms with van der Waals surface area (Å²) in [4.78, 5) is 4.21. The van der Waals surface area contributed by atoms with Gasteiger partial charge in [0.1, 0.15) is 5.82 Å². The van der Waals surface area contributed by atoms with Gasteiger partial charge in [0, 0.05) is 37.5 Å². The maximum atomic E-state index is 12.4. The van der Waals surface area contributed by atoms with Crippen LogP contribution >= 0.6 is 0 Å². The molecule has 9 heteroatoms. The zero-order valence-corrected chi connectivity index (χ0v) is 15.1. The van der Waals surface area contributed by atoms with Crippen molar-refractivity contribution in [1.82, 2.24) is 19.4 Å². The quantitative estimate of drug-likeness (QED) is 0.690. The first kappa shape index (κ1) is 17.4. The number of rotatable bonds is 7. The standard InChI is InChI=1S/C16H20N4O4S/c1-4-14-17-7-9-20(14)10-8-18-25(21,22)15-6-5-13(23-15)16-11(2)12(3)19-24-16/h5-7,9,18H,4,8,10H2,1-3H3. The fourth-order valence-corrected chi connectivity index (χ4v) is 3.41. The van der Waals surface area contributed by atoms with Crippen LogP contribution in [0.4, 0.5) is 0 Å². The van der Waals surface area contributed by atoms with Gasteiger partial charge in [-0.05, 0) is 26.0 Å². The number of aryl methyl sites for hydroxylation is 2. The molecule has 8 nitrogen and oxygen atoms in total. The lowest BCUT2D eigenvalue weighted by Gasteiger charge is -2.07. The van der Waals surface area contributed by atoms with E-state index in [9.17, 15) is 8.42 Å². The van der Waals surface area contributed by atoms with Gasteiger partial charge in [0.15, 0.2) is 5.76 Å². The largest absolute Gasteiger partial charge is 0.440 e. The molecule has 0 unspecified atom stereocenters. The minimum atomic E-state index is -3.74. The molecule has 0 fully saturated rings. The van der Waals surface area contributed by atoms with Crippen LogP contribution in [0.2, 0.25) is 0 Å². The summed E-state index contributed by atoms with van der Waals surface area (Å²) in [7, 11) is -3.74. The molecule has 1 N–H and O–H groups in total. The van der Waals surface area contributed by atoms with Crippen LogP contribution in [-0.4, -0.2) is 29.7 Å². The van der Waals surface area contributed by atoms with Crippen LogP contribution < -0.4 is 4.72 Å². The summed E-state index contributed by atoms with van der Waals surface area (Å²) in [6.45, 7) is 6.39. The van der Waals surface area contributed by atoms with Crippen LogP contribution in [0.5, 0.6) is 0 Å². The van der Waals surface area contributed by atoms with Gasteiger partial charge in [0.05, 0.1) is 5.69 Å². The van der Waals surface area contributed by atoms with Crippen LogP contribution in [-0.2, 0) is 23.0 Å². The van der Waals surface area contributed by atoms with Gasteiger partial charge in [0.25, 0.3) is 10.0 Å².